The van der Waals surface area contributed by atoms with Crippen LogP contribution in [0.4, 0.5) is 19.0 Å². The van der Waals surface area contributed by atoms with E-state index >= 15 is 0 Å². The molecule has 0 radical (unpaired) electrons. The number of carbonyl (C=O) groups excluding carboxylic acids is 1. The van der Waals surface area contributed by atoms with Gasteiger partial charge < -0.3 is 15.1 Å². The summed E-state index contributed by atoms with van der Waals surface area (Å²) in [5, 5.41) is 5.57. The van der Waals surface area contributed by atoms with Gasteiger partial charge in [0.1, 0.15) is 17.3 Å². The molecule has 1 amide bonds. The van der Waals surface area contributed by atoms with Gasteiger partial charge in [0.25, 0.3) is 0 Å². The van der Waals surface area contributed by atoms with Crippen molar-refractivity contribution in [2.24, 2.45) is 0 Å². The summed E-state index contributed by atoms with van der Waals surface area (Å²) in [5.74, 6) is 1.58. The van der Waals surface area contributed by atoms with Gasteiger partial charge in [0.2, 0.25) is 5.91 Å². The normalized spacial score (nSPS) is 15.9. The average Bonchev–Trinajstić information content (AvgIpc) is 3.35. The molecule has 164 valence electrons. The van der Waals surface area contributed by atoms with Crippen LogP contribution < -0.4 is 10.6 Å². The third-order valence-corrected chi connectivity index (χ3v) is 5.26. The van der Waals surface area contributed by atoms with Crippen molar-refractivity contribution in [2.45, 2.75) is 38.4 Å². The summed E-state index contributed by atoms with van der Waals surface area (Å²) in [6.07, 6.45) is -1.43. The van der Waals surface area contributed by atoms with Gasteiger partial charge in [0.15, 0.2) is 0 Å². The molecule has 1 atom stereocenters. The highest BCUT2D eigenvalue weighted by atomic mass is 35.5. The van der Waals surface area contributed by atoms with Gasteiger partial charge in [-0.15, -0.1) is 0 Å². The Hall–Kier alpha value is -2.26. The van der Waals surface area contributed by atoms with E-state index in [1.807, 2.05) is 19.1 Å². The van der Waals surface area contributed by atoms with Crippen molar-refractivity contribution < 1.29 is 22.4 Å². The quantitative estimate of drug-likeness (QED) is 0.631. The molecule has 0 spiro atoms. The molecule has 1 aliphatic rings. The van der Waals surface area contributed by atoms with Gasteiger partial charge in [-0.1, -0.05) is 11.6 Å². The predicted molar refractivity (Wildman–Crippen MR) is 107 cm³/mol. The molecule has 1 fully saturated rings. The van der Waals surface area contributed by atoms with Crippen LogP contribution in [0.2, 0.25) is 5.02 Å². The summed E-state index contributed by atoms with van der Waals surface area (Å²) in [7, 11) is 0. The van der Waals surface area contributed by atoms with Gasteiger partial charge in [-0.2, -0.15) is 13.2 Å². The maximum absolute atomic E-state index is 12.7. The summed E-state index contributed by atoms with van der Waals surface area (Å²) < 4.78 is 43.8. The molecule has 2 N–H and O–H groups in total. The number of hydrogen-bond acceptors (Lipinski definition) is 5. The molecule has 30 heavy (non-hydrogen) atoms. The minimum Gasteiger partial charge on any atom is -0.465 e. The molecular weight excluding hydrogens is 421 g/mol. The minimum absolute atomic E-state index is 0.0240. The SMILES string of the molecule is Cc1ccc(C(CNC(=O)CCNc2ncc(C(F)(F)F)cc2Cl)N2CCCC2)o1. The zero-order chi connectivity index (χ0) is 21.7. The first-order valence-corrected chi connectivity index (χ1v) is 10.2. The number of halogens is 4. The van der Waals surface area contributed by atoms with E-state index in [1.54, 1.807) is 0 Å². The van der Waals surface area contributed by atoms with E-state index in [-0.39, 0.29) is 35.8 Å². The molecular formula is C20H24ClF3N4O2. The first-order valence-electron chi connectivity index (χ1n) is 9.78. The number of pyridine rings is 1. The maximum Gasteiger partial charge on any atom is 0.417 e. The van der Waals surface area contributed by atoms with E-state index in [4.69, 9.17) is 16.0 Å². The Bertz CT molecular complexity index is 866. The van der Waals surface area contributed by atoms with Gasteiger partial charge in [-0.25, -0.2) is 4.98 Å². The van der Waals surface area contributed by atoms with Gasteiger partial charge in [0, 0.05) is 25.7 Å². The van der Waals surface area contributed by atoms with Crippen molar-refractivity contribution in [2.75, 3.05) is 31.5 Å². The second-order valence-corrected chi connectivity index (χ2v) is 7.65. The van der Waals surface area contributed by atoms with Crippen LogP contribution in [-0.2, 0) is 11.0 Å². The molecule has 3 rings (SSSR count). The molecule has 6 nitrogen and oxygen atoms in total. The molecule has 1 saturated heterocycles. The fourth-order valence-electron chi connectivity index (χ4n) is 3.41. The number of anilines is 1. The Morgan fingerprint density at radius 3 is 2.67 bits per heavy atom. The highest BCUT2D eigenvalue weighted by Crippen LogP contribution is 2.32. The van der Waals surface area contributed by atoms with E-state index in [2.05, 4.69) is 20.5 Å². The van der Waals surface area contributed by atoms with Crippen molar-refractivity contribution >= 4 is 23.3 Å². The van der Waals surface area contributed by atoms with Crippen LogP contribution >= 0.6 is 11.6 Å². The van der Waals surface area contributed by atoms with Gasteiger partial charge in [-0.05, 0) is 51.1 Å². The molecule has 2 aromatic rings. The van der Waals surface area contributed by atoms with E-state index in [1.165, 1.54) is 0 Å². The van der Waals surface area contributed by atoms with Crippen molar-refractivity contribution in [1.82, 2.24) is 15.2 Å². The third kappa shape index (κ3) is 5.89. The van der Waals surface area contributed by atoms with Crippen LogP contribution in [0.1, 0.15) is 42.4 Å². The van der Waals surface area contributed by atoms with Crippen LogP contribution in [0, 0.1) is 6.92 Å². The van der Waals surface area contributed by atoms with Crippen LogP contribution in [0.25, 0.3) is 0 Å². The number of carbonyl (C=O) groups is 1. The second kappa shape index (κ2) is 9.70. The Morgan fingerprint density at radius 2 is 2.07 bits per heavy atom. The second-order valence-electron chi connectivity index (χ2n) is 7.24. The first kappa shape index (κ1) is 22.4. The highest BCUT2D eigenvalue weighted by Gasteiger charge is 2.31. The zero-order valence-corrected chi connectivity index (χ0v) is 17.3. The number of likely N-dealkylation sites (tertiary alicyclic amines) is 1. The molecule has 0 aliphatic carbocycles. The molecule has 1 unspecified atom stereocenters. The Morgan fingerprint density at radius 1 is 1.33 bits per heavy atom. The van der Waals surface area contributed by atoms with Crippen LogP contribution in [0.5, 0.6) is 0 Å². The number of rotatable bonds is 8. The molecule has 0 aromatic carbocycles. The number of aromatic nitrogens is 1. The zero-order valence-electron chi connectivity index (χ0n) is 16.6. The topological polar surface area (TPSA) is 70.4 Å². The molecule has 10 heteroatoms. The summed E-state index contributed by atoms with van der Waals surface area (Å²) in [4.78, 5) is 18.2. The monoisotopic (exact) mass is 444 g/mol. The standard InChI is InChI=1S/C20H24ClF3N4O2/c1-13-4-5-17(30-13)16(28-8-2-3-9-28)12-26-18(29)6-7-25-19-15(21)10-14(11-27-19)20(22,23)24/h4-5,10-11,16H,2-3,6-9,12H2,1H3,(H,25,27)(H,26,29). The fraction of sp³-hybridized carbons (Fsp3) is 0.500. The Balaban J connectivity index is 1.49. The van der Waals surface area contributed by atoms with Gasteiger partial charge in [0.05, 0.1) is 16.6 Å². The number of amides is 1. The molecule has 1 aliphatic heterocycles. The smallest absolute Gasteiger partial charge is 0.417 e. The lowest BCUT2D eigenvalue weighted by molar-refractivity contribution is -0.137. The summed E-state index contributed by atoms with van der Waals surface area (Å²) in [5.41, 5.74) is -0.920. The predicted octanol–water partition coefficient (Wildman–Crippen LogP) is 4.41. The molecule has 0 saturated carbocycles. The summed E-state index contributed by atoms with van der Waals surface area (Å²) in [6, 6.07) is 4.63. The third-order valence-electron chi connectivity index (χ3n) is 4.98. The molecule has 3 heterocycles. The Labute approximate surface area is 177 Å². The first-order chi connectivity index (χ1) is 14.2. The number of nitrogens with one attached hydrogen (secondary N) is 2. The fourth-order valence-corrected chi connectivity index (χ4v) is 3.64. The number of nitrogens with zero attached hydrogens (tertiary/aromatic N) is 2. The molecule has 2 aromatic heterocycles. The minimum atomic E-state index is -4.51. The lowest BCUT2D eigenvalue weighted by atomic mass is 10.2. The van der Waals surface area contributed by atoms with Crippen molar-refractivity contribution in [3.05, 3.63) is 46.5 Å². The summed E-state index contributed by atoms with van der Waals surface area (Å²) >= 11 is 5.85. The van der Waals surface area contributed by atoms with Gasteiger partial charge >= 0.3 is 6.18 Å². The maximum atomic E-state index is 12.7. The van der Waals surface area contributed by atoms with Crippen LogP contribution in [0.3, 0.4) is 0 Å². The average molecular weight is 445 g/mol. The van der Waals surface area contributed by atoms with Crippen molar-refractivity contribution in [3.8, 4) is 0 Å². The van der Waals surface area contributed by atoms with Crippen molar-refractivity contribution in [3.63, 3.8) is 0 Å². The van der Waals surface area contributed by atoms with E-state index in [0.29, 0.717) is 12.7 Å². The largest absolute Gasteiger partial charge is 0.465 e. The molecule has 0 bridgehead atoms. The summed E-state index contributed by atoms with van der Waals surface area (Å²) in [6.45, 7) is 4.41. The van der Waals surface area contributed by atoms with Crippen LogP contribution in [-0.4, -0.2) is 42.0 Å². The highest BCUT2D eigenvalue weighted by molar-refractivity contribution is 6.32. The number of hydrogen-bond donors (Lipinski definition) is 2. The number of aryl methyl sites for hydroxylation is 1. The lowest BCUT2D eigenvalue weighted by Gasteiger charge is -2.26. The number of alkyl halides is 3. The van der Waals surface area contributed by atoms with Crippen molar-refractivity contribution in [1.29, 1.82) is 0 Å². The van der Waals surface area contributed by atoms with E-state index in [9.17, 15) is 18.0 Å². The number of furan rings is 1. The van der Waals surface area contributed by atoms with Gasteiger partial charge in [-0.3, -0.25) is 9.69 Å². The van der Waals surface area contributed by atoms with E-state index in [0.717, 1.165) is 43.5 Å². The Kier molecular flexibility index (Phi) is 7.25. The van der Waals surface area contributed by atoms with Crippen LogP contribution in [0.15, 0.2) is 28.8 Å². The lowest BCUT2D eigenvalue weighted by Crippen LogP contribution is -2.37. The van der Waals surface area contributed by atoms with E-state index < -0.39 is 11.7 Å².